The van der Waals surface area contributed by atoms with E-state index in [0.29, 0.717) is 23.0 Å². The Morgan fingerprint density at radius 2 is 1.74 bits per heavy atom. The van der Waals surface area contributed by atoms with Crippen molar-refractivity contribution in [1.29, 1.82) is 0 Å². The van der Waals surface area contributed by atoms with E-state index in [-0.39, 0.29) is 11.4 Å². The van der Waals surface area contributed by atoms with Gasteiger partial charge in [-0.05, 0) is 36.4 Å². The molecule has 0 atom stereocenters. The van der Waals surface area contributed by atoms with E-state index in [1.54, 1.807) is 50.6 Å². The molecule has 7 nitrogen and oxygen atoms in total. The molecule has 27 heavy (non-hydrogen) atoms. The van der Waals surface area contributed by atoms with Crippen LogP contribution in [0.2, 0.25) is 0 Å². The van der Waals surface area contributed by atoms with E-state index in [4.69, 9.17) is 9.47 Å². The zero-order chi connectivity index (χ0) is 19.2. The number of rotatable bonds is 6. The number of halogens is 1. The van der Waals surface area contributed by atoms with E-state index >= 15 is 0 Å². The number of nitrogens with one attached hydrogen (secondary N) is 2. The molecule has 3 aromatic rings. The van der Waals surface area contributed by atoms with Crippen molar-refractivity contribution < 1.29 is 18.7 Å². The molecule has 1 heterocycles. The second-order valence-corrected chi connectivity index (χ2v) is 5.43. The van der Waals surface area contributed by atoms with Gasteiger partial charge in [-0.2, -0.15) is 0 Å². The van der Waals surface area contributed by atoms with Crippen LogP contribution in [0.15, 0.2) is 54.6 Å². The summed E-state index contributed by atoms with van der Waals surface area (Å²) in [7, 11) is 3.10. The van der Waals surface area contributed by atoms with Crippen molar-refractivity contribution in [2.24, 2.45) is 0 Å². The maximum absolute atomic E-state index is 13.6. The molecule has 0 saturated heterocycles. The van der Waals surface area contributed by atoms with E-state index in [1.807, 2.05) is 0 Å². The summed E-state index contributed by atoms with van der Waals surface area (Å²) in [6, 6.07) is 14.3. The molecule has 138 valence electrons. The lowest BCUT2D eigenvalue weighted by Gasteiger charge is -2.11. The predicted octanol–water partition coefficient (Wildman–Crippen LogP) is 3.63. The highest BCUT2D eigenvalue weighted by atomic mass is 19.1. The zero-order valence-electron chi connectivity index (χ0n) is 14.7. The molecule has 2 aromatic carbocycles. The summed E-state index contributed by atoms with van der Waals surface area (Å²) in [5, 5.41) is 13.4. The van der Waals surface area contributed by atoms with Crippen molar-refractivity contribution in [1.82, 2.24) is 10.2 Å². The third kappa shape index (κ3) is 4.30. The summed E-state index contributed by atoms with van der Waals surface area (Å²) < 4.78 is 24.0. The van der Waals surface area contributed by atoms with Crippen molar-refractivity contribution >= 4 is 23.1 Å². The van der Waals surface area contributed by atoms with E-state index < -0.39 is 11.7 Å². The third-order valence-electron chi connectivity index (χ3n) is 3.68. The third-order valence-corrected chi connectivity index (χ3v) is 3.68. The van der Waals surface area contributed by atoms with Crippen LogP contribution < -0.4 is 20.1 Å². The second-order valence-electron chi connectivity index (χ2n) is 5.43. The van der Waals surface area contributed by atoms with Gasteiger partial charge in [0.15, 0.2) is 23.0 Å². The van der Waals surface area contributed by atoms with Crippen LogP contribution in [0.1, 0.15) is 10.5 Å². The lowest BCUT2D eigenvalue weighted by molar-refractivity contribution is 0.102. The van der Waals surface area contributed by atoms with Crippen molar-refractivity contribution in [3.63, 3.8) is 0 Å². The minimum atomic E-state index is -0.551. The summed E-state index contributed by atoms with van der Waals surface area (Å²) in [6.07, 6.45) is 0. The van der Waals surface area contributed by atoms with Gasteiger partial charge in [0.2, 0.25) is 0 Å². The topological polar surface area (TPSA) is 85.4 Å². The van der Waals surface area contributed by atoms with Gasteiger partial charge >= 0.3 is 0 Å². The molecule has 0 fully saturated rings. The summed E-state index contributed by atoms with van der Waals surface area (Å²) in [5.41, 5.74) is 0.860. The first-order valence-electron chi connectivity index (χ1n) is 7.99. The van der Waals surface area contributed by atoms with E-state index in [2.05, 4.69) is 20.8 Å². The smallest absolute Gasteiger partial charge is 0.276 e. The van der Waals surface area contributed by atoms with Gasteiger partial charge in [-0.1, -0.05) is 12.1 Å². The van der Waals surface area contributed by atoms with E-state index in [1.165, 1.54) is 18.2 Å². The van der Waals surface area contributed by atoms with Crippen LogP contribution >= 0.6 is 0 Å². The summed E-state index contributed by atoms with van der Waals surface area (Å²) in [5.74, 6) is 0.533. The summed E-state index contributed by atoms with van der Waals surface area (Å²) in [4.78, 5) is 12.2. The highest BCUT2D eigenvalue weighted by molar-refractivity contribution is 6.02. The molecule has 8 heteroatoms. The number of amides is 1. The van der Waals surface area contributed by atoms with Gasteiger partial charge in [0.25, 0.3) is 5.91 Å². The molecule has 0 aliphatic rings. The predicted molar refractivity (Wildman–Crippen MR) is 99.2 cm³/mol. The zero-order valence-corrected chi connectivity index (χ0v) is 14.7. The summed E-state index contributed by atoms with van der Waals surface area (Å²) in [6.45, 7) is 0. The molecule has 1 amide bonds. The first kappa shape index (κ1) is 18.1. The normalized spacial score (nSPS) is 10.2. The van der Waals surface area contributed by atoms with Gasteiger partial charge in [0, 0.05) is 11.8 Å². The number of hydrogen-bond donors (Lipinski definition) is 2. The Balaban J connectivity index is 1.70. The number of carbonyl (C=O) groups is 1. The molecule has 2 N–H and O–H groups in total. The van der Waals surface area contributed by atoms with Gasteiger partial charge in [-0.15, -0.1) is 10.2 Å². The first-order valence-corrected chi connectivity index (χ1v) is 7.99. The fraction of sp³-hybridized carbons (Fsp3) is 0.105. The number of ether oxygens (including phenoxy) is 2. The maximum Gasteiger partial charge on any atom is 0.276 e. The average molecular weight is 368 g/mol. The Morgan fingerprint density at radius 1 is 0.963 bits per heavy atom. The average Bonchev–Trinajstić information content (AvgIpc) is 2.70. The minimum Gasteiger partial charge on any atom is -0.493 e. The fourth-order valence-corrected chi connectivity index (χ4v) is 2.33. The standard InChI is InChI=1S/C19H17FN4O3/c1-26-16-9-7-12(11-17(16)27-2)21-18-10-8-15(23-24-18)19(25)22-14-6-4-3-5-13(14)20/h3-11H,1-2H3,(H,21,24)(H,22,25). The molecule has 0 bridgehead atoms. The maximum atomic E-state index is 13.6. The molecule has 3 rings (SSSR count). The van der Waals surface area contributed by atoms with Gasteiger partial charge in [0.1, 0.15) is 5.82 Å². The molecule has 0 aliphatic heterocycles. The van der Waals surface area contributed by atoms with Crippen molar-refractivity contribution in [3.8, 4) is 11.5 Å². The molecular formula is C19H17FN4O3. The highest BCUT2D eigenvalue weighted by Gasteiger charge is 2.11. The van der Waals surface area contributed by atoms with Gasteiger partial charge in [-0.25, -0.2) is 4.39 Å². The summed E-state index contributed by atoms with van der Waals surface area (Å²) >= 11 is 0. The molecule has 1 aromatic heterocycles. The minimum absolute atomic E-state index is 0.0658. The SMILES string of the molecule is COc1ccc(Nc2ccc(C(=O)Nc3ccccc3F)nn2)cc1OC. The molecule has 0 spiro atoms. The Hall–Kier alpha value is -3.68. The number of methoxy groups -OCH3 is 2. The first-order chi connectivity index (χ1) is 13.1. The lowest BCUT2D eigenvalue weighted by Crippen LogP contribution is -2.15. The van der Waals surface area contributed by atoms with Gasteiger partial charge < -0.3 is 20.1 Å². The van der Waals surface area contributed by atoms with Crippen molar-refractivity contribution in [2.75, 3.05) is 24.9 Å². The number of anilines is 3. The van der Waals surface area contributed by atoms with Crippen LogP contribution in [0.5, 0.6) is 11.5 Å². The highest BCUT2D eigenvalue weighted by Crippen LogP contribution is 2.30. The van der Waals surface area contributed by atoms with Crippen LogP contribution in [0.4, 0.5) is 21.6 Å². The quantitative estimate of drug-likeness (QED) is 0.691. The number of hydrogen-bond acceptors (Lipinski definition) is 6. The van der Waals surface area contributed by atoms with Crippen LogP contribution in [-0.2, 0) is 0 Å². The van der Waals surface area contributed by atoms with E-state index in [9.17, 15) is 9.18 Å². The molecule has 0 saturated carbocycles. The lowest BCUT2D eigenvalue weighted by atomic mass is 10.2. The van der Waals surface area contributed by atoms with Gasteiger partial charge in [-0.3, -0.25) is 4.79 Å². The van der Waals surface area contributed by atoms with Crippen LogP contribution in [0.3, 0.4) is 0 Å². The van der Waals surface area contributed by atoms with Crippen LogP contribution in [0.25, 0.3) is 0 Å². The Labute approximate surface area is 155 Å². The molecule has 0 aliphatic carbocycles. The van der Waals surface area contributed by atoms with Gasteiger partial charge in [0.05, 0.1) is 19.9 Å². The number of carbonyl (C=O) groups excluding carboxylic acids is 1. The van der Waals surface area contributed by atoms with E-state index in [0.717, 1.165) is 0 Å². The number of aromatic nitrogens is 2. The molecular weight excluding hydrogens is 351 g/mol. The monoisotopic (exact) mass is 368 g/mol. The Bertz CT molecular complexity index is 948. The van der Waals surface area contributed by atoms with Crippen molar-refractivity contribution in [3.05, 3.63) is 66.1 Å². The number of para-hydroxylation sites is 1. The largest absolute Gasteiger partial charge is 0.493 e. The molecule has 0 radical (unpaired) electrons. The fourth-order valence-electron chi connectivity index (χ4n) is 2.33. The second kappa shape index (κ2) is 8.13. The Kier molecular flexibility index (Phi) is 5.46. The number of nitrogens with zero attached hydrogens (tertiary/aromatic N) is 2. The van der Waals surface area contributed by atoms with Crippen molar-refractivity contribution in [2.45, 2.75) is 0 Å². The van der Waals surface area contributed by atoms with Crippen LogP contribution in [-0.4, -0.2) is 30.3 Å². The molecule has 0 unspecified atom stereocenters. The Morgan fingerprint density at radius 3 is 2.41 bits per heavy atom. The van der Waals surface area contributed by atoms with Crippen LogP contribution in [0, 0.1) is 5.82 Å². The number of benzene rings is 2.